The SMILES string of the molecule is C/C=C(/C)C(=O)O[C@@H]1[C@H](OC(=O)/C(C)=C\C)C[C@]2(C)[C@@H](CC(=O)/C(C)=C\C(=O)O)C(C=O)=CC[C@H]2C1(C)C. The van der Waals surface area contributed by atoms with Crippen LogP contribution >= 0.6 is 0 Å². The van der Waals surface area contributed by atoms with E-state index in [1.165, 1.54) is 6.92 Å². The summed E-state index contributed by atoms with van der Waals surface area (Å²) in [6, 6.07) is 0. The Morgan fingerprint density at radius 1 is 0.974 bits per heavy atom. The van der Waals surface area contributed by atoms with Crippen LogP contribution in [0.25, 0.3) is 0 Å². The number of ketones is 1. The number of hydrogen-bond donors (Lipinski definition) is 1. The van der Waals surface area contributed by atoms with Crippen LogP contribution in [-0.4, -0.2) is 47.3 Å². The maximum Gasteiger partial charge on any atom is 0.333 e. The number of ether oxygens (including phenoxy) is 2. The van der Waals surface area contributed by atoms with Gasteiger partial charge in [0.25, 0.3) is 0 Å². The number of carboxylic acid groups (broad SMARTS) is 1. The first-order valence-electron chi connectivity index (χ1n) is 12.9. The Kier molecular flexibility index (Phi) is 9.81. The van der Waals surface area contributed by atoms with Crippen LogP contribution in [0.15, 0.2) is 46.6 Å². The number of aliphatic carboxylic acids is 1. The predicted molar refractivity (Wildman–Crippen MR) is 142 cm³/mol. The maximum atomic E-state index is 13.0. The van der Waals surface area contributed by atoms with Gasteiger partial charge in [-0.2, -0.15) is 0 Å². The van der Waals surface area contributed by atoms with Gasteiger partial charge < -0.3 is 14.6 Å². The molecule has 8 heteroatoms. The van der Waals surface area contributed by atoms with Crippen molar-refractivity contribution in [3.8, 4) is 0 Å². The van der Waals surface area contributed by atoms with Gasteiger partial charge in [0.1, 0.15) is 18.5 Å². The summed E-state index contributed by atoms with van der Waals surface area (Å²) in [5, 5.41) is 9.09. The Balaban J connectivity index is 2.62. The molecule has 1 fully saturated rings. The topological polar surface area (TPSA) is 124 Å². The van der Waals surface area contributed by atoms with Crippen molar-refractivity contribution < 1.29 is 38.6 Å². The second kappa shape index (κ2) is 12.0. The summed E-state index contributed by atoms with van der Waals surface area (Å²) in [6.07, 6.45) is 5.81. The van der Waals surface area contributed by atoms with Crippen LogP contribution in [-0.2, 0) is 33.4 Å². The van der Waals surface area contributed by atoms with Gasteiger partial charge in [-0.3, -0.25) is 9.59 Å². The van der Waals surface area contributed by atoms with Crippen molar-refractivity contribution in [2.24, 2.45) is 22.7 Å². The van der Waals surface area contributed by atoms with Gasteiger partial charge >= 0.3 is 17.9 Å². The lowest BCUT2D eigenvalue weighted by atomic mass is 9.46. The van der Waals surface area contributed by atoms with Crippen LogP contribution < -0.4 is 0 Å². The molecule has 0 spiro atoms. The highest BCUT2D eigenvalue weighted by Crippen LogP contribution is 2.61. The Morgan fingerprint density at radius 2 is 1.53 bits per heavy atom. The largest absolute Gasteiger partial charge is 0.478 e. The first-order valence-corrected chi connectivity index (χ1v) is 12.9. The van der Waals surface area contributed by atoms with Gasteiger partial charge in [-0.25, -0.2) is 14.4 Å². The number of allylic oxidation sites excluding steroid dienone is 5. The van der Waals surface area contributed by atoms with Gasteiger partial charge in [-0.15, -0.1) is 0 Å². The van der Waals surface area contributed by atoms with Gasteiger partial charge in [-0.1, -0.05) is 39.0 Å². The van der Waals surface area contributed by atoms with Gasteiger partial charge in [0, 0.05) is 29.1 Å². The highest BCUT2D eigenvalue weighted by Gasteiger charge is 2.61. The minimum atomic E-state index is -1.22. The molecule has 0 aliphatic heterocycles. The molecular formula is C30H40O8. The highest BCUT2D eigenvalue weighted by molar-refractivity contribution is 6.00. The van der Waals surface area contributed by atoms with Crippen LogP contribution in [0.1, 0.15) is 74.7 Å². The fourth-order valence-corrected chi connectivity index (χ4v) is 6.04. The zero-order chi connectivity index (χ0) is 29.0. The second-order valence-electron chi connectivity index (χ2n) is 11.2. The number of fused-ring (bicyclic) bond motifs is 1. The molecule has 0 aromatic carbocycles. The monoisotopic (exact) mass is 528 g/mol. The number of hydrogen-bond acceptors (Lipinski definition) is 7. The molecular weight excluding hydrogens is 488 g/mol. The molecule has 1 saturated carbocycles. The Labute approximate surface area is 224 Å². The first kappa shape index (κ1) is 30.9. The lowest BCUT2D eigenvalue weighted by Gasteiger charge is -2.60. The van der Waals surface area contributed by atoms with E-state index in [-0.39, 0.29) is 30.1 Å². The van der Waals surface area contributed by atoms with E-state index in [1.54, 1.807) is 39.8 Å². The Hall–Kier alpha value is -3.29. The second-order valence-corrected chi connectivity index (χ2v) is 11.2. The number of rotatable bonds is 9. The Bertz CT molecular complexity index is 1120. The molecule has 208 valence electrons. The number of esters is 2. The zero-order valence-electron chi connectivity index (χ0n) is 23.6. The van der Waals surface area contributed by atoms with E-state index < -0.39 is 46.9 Å². The molecule has 0 bridgehead atoms. The summed E-state index contributed by atoms with van der Waals surface area (Å²) < 4.78 is 12.0. The minimum absolute atomic E-state index is 0.0695. The smallest absolute Gasteiger partial charge is 0.333 e. The highest BCUT2D eigenvalue weighted by atomic mass is 16.6. The lowest BCUT2D eigenvalue weighted by Crippen LogP contribution is -2.61. The van der Waals surface area contributed by atoms with E-state index in [1.807, 2.05) is 26.8 Å². The molecule has 2 aliphatic rings. The summed E-state index contributed by atoms with van der Waals surface area (Å²) >= 11 is 0. The summed E-state index contributed by atoms with van der Waals surface area (Å²) in [6.45, 7) is 14.1. The average molecular weight is 529 g/mol. The Morgan fingerprint density at radius 3 is 2.03 bits per heavy atom. The molecule has 2 aliphatic carbocycles. The molecule has 38 heavy (non-hydrogen) atoms. The fourth-order valence-electron chi connectivity index (χ4n) is 6.04. The van der Waals surface area contributed by atoms with Crippen molar-refractivity contribution in [2.75, 3.05) is 0 Å². The third-order valence-electron chi connectivity index (χ3n) is 8.50. The lowest BCUT2D eigenvalue weighted by molar-refractivity contribution is -0.210. The molecule has 0 saturated heterocycles. The molecule has 0 unspecified atom stereocenters. The van der Waals surface area contributed by atoms with E-state index >= 15 is 0 Å². The number of Topliss-reactive ketones (excluding diaryl/α,β-unsaturated/α-hetero) is 1. The molecule has 1 N–H and O–H groups in total. The average Bonchev–Trinajstić information content (AvgIpc) is 2.85. The van der Waals surface area contributed by atoms with Crippen molar-refractivity contribution >= 4 is 30.0 Å². The maximum absolute atomic E-state index is 13.0. The van der Waals surface area contributed by atoms with Crippen molar-refractivity contribution in [1.82, 2.24) is 0 Å². The quantitative estimate of drug-likeness (QED) is 0.254. The number of carboxylic acids is 1. The fraction of sp³-hybridized carbons (Fsp3) is 0.567. The standard InChI is InChI=1S/C30H40O8/c1-9-17(3)27(35)37-23-15-30(8)21(14-22(32)19(5)13-25(33)34)20(16-31)11-12-24(30)29(6,7)26(23)38-28(36)18(4)10-2/h9-11,13,16,21,23-24,26H,12,14-15H2,1-8H3,(H,33,34)/b17-9-,18-10-,19-13-/t21-,23+,24-,26+,30+/m0/s1. The number of carbonyl (C=O) groups excluding carboxylic acids is 4. The van der Waals surface area contributed by atoms with E-state index in [9.17, 15) is 24.0 Å². The van der Waals surface area contributed by atoms with Crippen LogP contribution in [0.4, 0.5) is 0 Å². The van der Waals surface area contributed by atoms with E-state index in [4.69, 9.17) is 14.6 Å². The minimum Gasteiger partial charge on any atom is -0.478 e. The molecule has 0 aromatic heterocycles. The van der Waals surface area contributed by atoms with Gasteiger partial charge in [0.2, 0.25) is 0 Å². The van der Waals surface area contributed by atoms with E-state index in [0.717, 1.165) is 12.4 Å². The van der Waals surface area contributed by atoms with Gasteiger partial charge in [0.15, 0.2) is 5.78 Å². The molecule has 2 rings (SSSR count). The van der Waals surface area contributed by atoms with Crippen LogP contribution in [0.5, 0.6) is 0 Å². The molecule has 8 nitrogen and oxygen atoms in total. The molecule has 5 atom stereocenters. The van der Waals surface area contributed by atoms with Crippen LogP contribution in [0, 0.1) is 22.7 Å². The predicted octanol–water partition coefficient (Wildman–Crippen LogP) is 4.93. The van der Waals surface area contributed by atoms with Crippen LogP contribution in [0.3, 0.4) is 0 Å². The van der Waals surface area contributed by atoms with Crippen molar-refractivity contribution in [2.45, 2.75) is 86.9 Å². The summed E-state index contributed by atoms with van der Waals surface area (Å²) in [5.41, 5.74) is -0.0115. The molecule has 0 radical (unpaired) electrons. The molecule has 0 aromatic rings. The molecule has 0 heterocycles. The third kappa shape index (κ3) is 6.22. The third-order valence-corrected chi connectivity index (χ3v) is 8.50. The van der Waals surface area contributed by atoms with E-state index in [0.29, 0.717) is 23.1 Å². The summed E-state index contributed by atoms with van der Waals surface area (Å²) in [4.78, 5) is 62.0. The summed E-state index contributed by atoms with van der Waals surface area (Å²) in [5.74, 6) is -3.31. The van der Waals surface area contributed by atoms with Crippen LogP contribution in [0.2, 0.25) is 0 Å². The number of carbonyl (C=O) groups is 5. The normalized spacial score (nSPS) is 29.5. The first-order chi connectivity index (χ1) is 17.6. The van der Waals surface area contributed by atoms with E-state index in [2.05, 4.69) is 0 Å². The van der Waals surface area contributed by atoms with Gasteiger partial charge in [0.05, 0.1) is 0 Å². The van der Waals surface area contributed by atoms with Crippen molar-refractivity contribution in [3.63, 3.8) is 0 Å². The van der Waals surface area contributed by atoms with Crippen molar-refractivity contribution in [1.29, 1.82) is 0 Å². The van der Waals surface area contributed by atoms with Crippen molar-refractivity contribution in [3.05, 3.63) is 46.6 Å². The number of aldehydes is 1. The van der Waals surface area contributed by atoms with Gasteiger partial charge in [-0.05, 0) is 75.9 Å². The summed E-state index contributed by atoms with van der Waals surface area (Å²) in [7, 11) is 0. The zero-order valence-corrected chi connectivity index (χ0v) is 23.6. The molecule has 0 amide bonds.